The van der Waals surface area contributed by atoms with Crippen LogP contribution in [0.3, 0.4) is 0 Å². The third-order valence-corrected chi connectivity index (χ3v) is 4.42. The second-order valence-corrected chi connectivity index (χ2v) is 6.79. The number of nitrogens with two attached hydrogens (primary N) is 2. The Balaban J connectivity index is 5.21. The molecule has 0 saturated carbocycles. The minimum atomic E-state index is -1.46. The predicted molar refractivity (Wildman–Crippen MR) is 102 cm³/mol. The van der Waals surface area contributed by atoms with Gasteiger partial charge in [-0.3, -0.25) is 24.0 Å². The second kappa shape index (κ2) is 12.7. The van der Waals surface area contributed by atoms with E-state index in [0.29, 0.717) is 6.42 Å². The average Bonchev–Trinajstić information content (AvgIpc) is 2.66. The minimum Gasteiger partial charge on any atom is -0.480 e. The summed E-state index contributed by atoms with van der Waals surface area (Å²) in [6.07, 6.45) is 0.260. The molecule has 0 radical (unpaired) electrons. The van der Waals surface area contributed by atoms with Crippen LogP contribution >= 0.6 is 0 Å². The summed E-state index contributed by atoms with van der Waals surface area (Å²) < 4.78 is 0. The fourth-order valence-electron chi connectivity index (χ4n) is 2.18. The normalized spacial score (nSPS) is 15.9. The van der Waals surface area contributed by atoms with Crippen molar-refractivity contribution in [2.45, 2.75) is 64.2 Å². The van der Waals surface area contributed by atoms with Crippen LogP contribution in [0.25, 0.3) is 0 Å². The van der Waals surface area contributed by atoms with Gasteiger partial charge < -0.3 is 37.6 Å². The summed E-state index contributed by atoms with van der Waals surface area (Å²) in [4.78, 5) is 58.7. The minimum absolute atomic E-state index is 0.147. The molecule has 0 aromatic heterocycles. The molecular formula is C17H31N5O7. The maximum Gasteiger partial charge on any atom is 0.325 e. The Morgan fingerprint density at radius 1 is 0.931 bits per heavy atom. The smallest absolute Gasteiger partial charge is 0.325 e. The van der Waals surface area contributed by atoms with Gasteiger partial charge in [0.05, 0.1) is 12.6 Å². The number of carbonyl (C=O) groups is 5. The van der Waals surface area contributed by atoms with Crippen LogP contribution in [-0.2, 0) is 24.0 Å². The Kier molecular flexibility index (Phi) is 11.5. The van der Waals surface area contributed by atoms with Crippen molar-refractivity contribution in [1.29, 1.82) is 0 Å². The molecule has 5 atom stereocenters. The van der Waals surface area contributed by atoms with Crippen LogP contribution in [0.15, 0.2) is 0 Å². The van der Waals surface area contributed by atoms with Crippen molar-refractivity contribution in [3.63, 3.8) is 0 Å². The third-order valence-electron chi connectivity index (χ3n) is 4.42. The molecular weight excluding hydrogens is 386 g/mol. The van der Waals surface area contributed by atoms with Crippen LogP contribution in [0, 0.1) is 5.92 Å². The highest BCUT2D eigenvalue weighted by Crippen LogP contribution is 2.07. The fraction of sp³-hybridized carbons (Fsp3) is 0.706. The first-order chi connectivity index (χ1) is 13.4. The van der Waals surface area contributed by atoms with Crippen molar-refractivity contribution in [1.82, 2.24) is 16.0 Å². The average molecular weight is 417 g/mol. The molecule has 29 heavy (non-hydrogen) atoms. The lowest BCUT2D eigenvalue weighted by Gasteiger charge is -2.25. The lowest BCUT2D eigenvalue weighted by atomic mass is 9.98. The van der Waals surface area contributed by atoms with Gasteiger partial charge in [0, 0.05) is 6.42 Å². The summed E-state index contributed by atoms with van der Waals surface area (Å²) in [5, 5.41) is 24.9. The lowest BCUT2D eigenvalue weighted by molar-refractivity contribution is -0.142. The van der Waals surface area contributed by atoms with E-state index in [2.05, 4.69) is 16.0 Å². The number of amides is 4. The van der Waals surface area contributed by atoms with Gasteiger partial charge in [0.25, 0.3) is 0 Å². The van der Waals surface area contributed by atoms with Crippen molar-refractivity contribution >= 4 is 29.6 Å². The first-order valence-corrected chi connectivity index (χ1v) is 9.23. The van der Waals surface area contributed by atoms with Crippen LogP contribution in [0.5, 0.6) is 0 Å². The second-order valence-electron chi connectivity index (χ2n) is 6.79. The molecule has 0 bridgehead atoms. The molecule has 0 fully saturated rings. The van der Waals surface area contributed by atoms with Crippen molar-refractivity contribution in [2.24, 2.45) is 17.4 Å². The van der Waals surface area contributed by atoms with Crippen LogP contribution in [0.1, 0.15) is 40.0 Å². The topological polar surface area (TPSA) is 214 Å². The molecule has 0 aliphatic carbocycles. The largest absolute Gasteiger partial charge is 0.480 e. The summed E-state index contributed by atoms with van der Waals surface area (Å²) >= 11 is 0. The van der Waals surface area contributed by atoms with Gasteiger partial charge in [0.15, 0.2) is 0 Å². The van der Waals surface area contributed by atoms with Gasteiger partial charge in [-0.25, -0.2) is 0 Å². The number of rotatable bonds is 13. The number of hydrogen-bond acceptors (Lipinski definition) is 7. The zero-order chi connectivity index (χ0) is 22.7. The SMILES string of the molecule is CCC(C)C(N)C(=O)NC(CCC(N)=O)C(=O)NC(CO)C(=O)NC(C)C(=O)O. The van der Waals surface area contributed by atoms with E-state index in [9.17, 15) is 29.1 Å². The van der Waals surface area contributed by atoms with E-state index in [-0.39, 0.29) is 18.8 Å². The summed E-state index contributed by atoms with van der Waals surface area (Å²) in [6, 6.07) is -4.83. The van der Waals surface area contributed by atoms with Crippen LogP contribution in [0.2, 0.25) is 0 Å². The number of hydrogen-bond donors (Lipinski definition) is 7. The number of primary amides is 1. The van der Waals surface area contributed by atoms with Crippen LogP contribution in [-0.4, -0.2) is 70.6 Å². The van der Waals surface area contributed by atoms with Gasteiger partial charge in [0.1, 0.15) is 18.1 Å². The Labute approximate surface area is 168 Å². The molecule has 0 saturated heterocycles. The molecule has 5 unspecified atom stereocenters. The number of nitrogens with one attached hydrogen (secondary N) is 3. The van der Waals surface area contributed by atoms with Gasteiger partial charge in [-0.1, -0.05) is 20.3 Å². The van der Waals surface area contributed by atoms with Gasteiger partial charge >= 0.3 is 5.97 Å². The first kappa shape index (κ1) is 26.3. The summed E-state index contributed by atoms with van der Waals surface area (Å²) in [7, 11) is 0. The van der Waals surface area contributed by atoms with Crippen molar-refractivity contribution in [3.8, 4) is 0 Å². The zero-order valence-electron chi connectivity index (χ0n) is 16.8. The number of aliphatic carboxylic acids is 1. The maximum atomic E-state index is 12.5. The Bertz CT molecular complexity index is 613. The summed E-state index contributed by atoms with van der Waals surface area (Å²) in [5.74, 6) is -4.56. The molecule has 12 heteroatoms. The molecule has 0 aromatic rings. The molecule has 4 amide bonds. The molecule has 0 spiro atoms. The molecule has 0 aromatic carbocycles. The Morgan fingerprint density at radius 3 is 1.90 bits per heavy atom. The number of carboxylic acid groups (broad SMARTS) is 1. The predicted octanol–water partition coefficient (Wildman–Crippen LogP) is -2.82. The van der Waals surface area contributed by atoms with Crippen LogP contribution in [0.4, 0.5) is 0 Å². The summed E-state index contributed by atoms with van der Waals surface area (Å²) in [6.45, 7) is 4.01. The number of aliphatic hydroxyl groups excluding tert-OH is 1. The highest BCUT2D eigenvalue weighted by Gasteiger charge is 2.30. The van der Waals surface area contributed by atoms with E-state index >= 15 is 0 Å². The van der Waals surface area contributed by atoms with E-state index in [1.54, 1.807) is 6.92 Å². The van der Waals surface area contributed by atoms with Gasteiger partial charge in [-0.05, 0) is 19.3 Å². The molecule has 0 heterocycles. The fourth-order valence-corrected chi connectivity index (χ4v) is 2.18. The van der Waals surface area contributed by atoms with Crippen molar-refractivity contribution in [2.75, 3.05) is 6.61 Å². The standard InChI is InChI=1S/C17H31N5O7/c1-4-8(2)13(19)16(27)21-10(5-6-12(18)24)14(25)22-11(7-23)15(26)20-9(3)17(28)29/h8-11,13,23H,4-7,19H2,1-3H3,(H2,18,24)(H,20,26)(H,21,27)(H,22,25)(H,28,29). The van der Waals surface area contributed by atoms with Gasteiger partial charge in [-0.15, -0.1) is 0 Å². The molecule has 166 valence electrons. The maximum absolute atomic E-state index is 12.5. The van der Waals surface area contributed by atoms with E-state index in [4.69, 9.17) is 16.6 Å². The highest BCUT2D eigenvalue weighted by molar-refractivity contribution is 5.94. The van der Waals surface area contributed by atoms with Crippen LogP contribution < -0.4 is 27.4 Å². The quantitative estimate of drug-likeness (QED) is 0.165. The van der Waals surface area contributed by atoms with Gasteiger partial charge in [0.2, 0.25) is 23.6 Å². The molecule has 0 aliphatic rings. The number of aliphatic hydroxyl groups is 1. The monoisotopic (exact) mass is 417 g/mol. The number of carboxylic acids is 1. The zero-order valence-corrected chi connectivity index (χ0v) is 16.8. The van der Waals surface area contributed by atoms with Crippen molar-refractivity contribution < 1.29 is 34.2 Å². The molecule has 12 nitrogen and oxygen atoms in total. The molecule has 0 rings (SSSR count). The molecule has 0 aliphatic heterocycles. The number of carbonyl (C=O) groups excluding carboxylic acids is 4. The van der Waals surface area contributed by atoms with E-state index in [1.807, 2.05) is 6.92 Å². The third kappa shape index (κ3) is 9.34. The van der Waals surface area contributed by atoms with E-state index in [0.717, 1.165) is 0 Å². The molecule has 9 N–H and O–H groups in total. The Morgan fingerprint density at radius 2 is 1.45 bits per heavy atom. The van der Waals surface area contributed by atoms with Gasteiger partial charge in [-0.2, -0.15) is 0 Å². The first-order valence-electron chi connectivity index (χ1n) is 9.23. The summed E-state index contributed by atoms with van der Waals surface area (Å²) in [5.41, 5.74) is 10.9. The highest BCUT2D eigenvalue weighted by atomic mass is 16.4. The lowest BCUT2D eigenvalue weighted by Crippen LogP contribution is -2.58. The van der Waals surface area contributed by atoms with Crippen molar-refractivity contribution in [3.05, 3.63) is 0 Å². The van der Waals surface area contributed by atoms with E-state index in [1.165, 1.54) is 6.92 Å². The Hall–Kier alpha value is -2.73. The van der Waals surface area contributed by atoms with E-state index < -0.39 is 60.4 Å².